The zero-order valence-corrected chi connectivity index (χ0v) is 15.3. The minimum atomic E-state index is -0.423. The van der Waals surface area contributed by atoms with Crippen LogP contribution in [0.4, 0.5) is 17.6 Å². The van der Waals surface area contributed by atoms with E-state index in [4.69, 9.17) is 10.8 Å². The maximum absolute atomic E-state index is 12.0. The van der Waals surface area contributed by atoms with Crippen LogP contribution in [0.3, 0.4) is 0 Å². The Morgan fingerprint density at radius 1 is 1.32 bits per heavy atom. The van der Waals surface area contributed by atoms with E-state index in [1.54, 1.807) is 9.42 Å². The maximum Gasteiger partial charge on any atom is 0.273 e. The van der Waals surface area contributed by atoms with Gasteiger partial charge < -0.3 is 20.5 Å². The molecule has 28 heavy (non-hydrogen) atoms. The number of nitrogens with one attached hydrogen (secondary N) is 4. The number of anilines is 3. The first-order valence-electron chi connectivity index (χ1n) is 8.83. The quantitative estimate of drug-likeness (QED) is 0.483. The lowest BCUT2D eigenvalue weighted by molar-refractivity contribution is -0.124. The van der Waals surface area contributed by atoms with E-state index in [9.17, 15) is 4.79 Å². The predicted octanol–water partition coefficient (Wildman–Crippen LogP) is 0.822. The number of hydrogen-bond donors (Lipinski definition) is 4. The van der Waals surface area contributed by atoms with Crippen LogP contribution in [0.5, 0.6) is 0 Å². The molecular weight excluding hydrogens is 360 g/mol. The van der Waals surface area contributed by atoms with Gasteiger partial charge >= 0.3 is 0 Å². The van der Waals surface area contributed by atoms with Crippen molar-refractivity contribution in [1.29, 1.82) is 10.8 Å². The lowest BCUT2D eigenvalue weighted by Gasteiger charge is -2.34. The van der Waals surface area contributed by atoms with Crippen molar-refractivity contribution in [3.05, 3.63) is 30.1 Å². The van der Waals surface area contributed by atoms with E-state index in [-0.39, 0.29) is 5.71 Å². The Labute approximate surface area is 160 Å². The lowest BCUT2D eigenvalue weighted by atomic mass is 10.2. The number of aryl methyl sites for hydroxylation is 1. The number of aromatic amines is 1. The summed E-state index contributed by atoms with van der Waals surface area (Å²) >= 11 is 0. The summed E-state index contributed by atoms with van der Waals surface area (Å²) in [6.45, 7) is 3.91. The summed E-state index contributed by atoms with van der Waals surface area (Å²) in [7, 11) is 0. The van der Waals surface area contributed by atoms with E-state index in [0.717, 1.165) is 17.4 Å². The molecule has 1 saturated heterocycles. The van der Waals surface area contributed by atoms with Crippen LogP contribution in [0.1, 0.15) is 5.69 Å². The van der Waals surface area contributed by atoms with Gasteiger partial charge in [0, 0.05) is 50.4 Å². The topological polar surface area (TPSA) is 142 Å². The Morgan fingerprint density at radius 2 is 2.11 bits per heavy atom. The number of carbonyl (C=O) groups is 1. The highest BCUT2D eigenvalue weighted by Gasteiger charge is 2.25. The van der Waals surface area contributed by atoms with Crippen molar-refractivity contribution < 1.29 is 4.79 Å². The molecule has 4 rings (SSSR count). The summed E-state index contributed by atoms with van der Waals surface area (Å²) in [4.78, 5) is 20.3. The molecule has 4 heterocycles. The van der Waals surface area contributed by atoms with E-state index in [2.05, 4.69) is 25.6 Å². The van der Waals surface area contributed by atoms with Crippen LogP contribution in [-0.2, 0) is 4.79 Å². The fourth-order valence-electron chi connectivity index (χ4n) is 3.09. The first kappa shape index (κ1) is 17.6. The van der Waals surface area contributed by atoms with Crippen molar-refractivity contribution >= 4 is 40.9 Å². The Bertz CT molecular complexity index is 1040. The van der Waals surface area contributed by atoms with Gasteiger partial charge in [0.15, 0.2) is 11.6 Å². The van der Waals surface area contributed by atoms with Crippen LogP contribution < -0.4 is 10.2 Å². The minimum absolute atomic E-state index is 0.306. The Balaban J connectivity index is 1.55. The fourth-order valence-corrected chi connectivity index (χ4v) is 3.09. The van der Waals surface area contributed by atoms with Gasteiger partial charge in [0.25, 0.3) is 5.91 Å². The van der Waals surface area contributed by atoms with Crippen LogP contribution >= 0.6 is 0 Å². The summed E-state index contributed by atoms with van der Waals surface area (Å²) < 4.78 is 1.76. The van der Waals surface area contributed by atoms with Crippen molar-refractivity contribution in [1.82, 2.24) is 29.7 Å². The third-order valence-electron chi connectivity index (χ3n) is 4.56. The van der Waals surface area contributed by atoms with Crippen LogP contribution in [-0.4, -0.2) is 73.7 Å². The molecule has 0 aliphatic carbocycles. The van der Waals surface area contributed by atoms with Gasteiger partial charge in [-0.1, -0.05) is 0 Å². The maximum atomic E-state index is 12.0. The highest BCUT2D eigenvalue weighted by atomic mass is 16.2. The second-order valence-electron chi connectivity index (χ2n) is 6.50. The molecule has 1 fully saturated rings. The Kier molecular flexibility index (Phi) is 4.47. The van der Waals surface area contributed by atoms with Gasteiger partial charge in [-0.05, 0) is 19.1 Å². The lowest BCUT2D eigenvalue weighted by Crippen LogP contribution is -2.51. The zero-order valence-electron chi connectivity index (χ0n) is 15.3. The van der Waals surface area contributed by atoms with E-state index in [0.29, 0.717) is 43.8 Å². The molecular formula is C17H20N10O. The largest absolute Gasteiger partial charge is 0.336 e. The average Bonchev–Trinajstić information content (AvgIpc) is 3.35. The van der Waals surface area contributed by atoms with Gasteiger partial charge in [0.2, 0.25) is 5.95 Å². The molecule has 0 bridgehead atoms. The van der Waals surface area contributed by atoms with E-state index in [1.165, 1.54) is 0 Å². The number of H-pyrrole nitrogens is 1. The Hall–Kier alpha value is -3.76. The van der Waals surface area contributed by atoms with Gasteiger partial charge in [-0.2, -0.15) is 10.1 Å². The van der Waals surface area contributed by atoms with E-state index >= 15 is 0 Å². The highest BCUT2D eigenvalue weighted by Crippen LogP contribution is 2.22. The second kappa shape index (κ2) is 7.10. The number of hydrogen-bond acceptors (Lipinski definition) is 8. The number of carbonyl (C=O) groups excluding carboxylic acids is 1. The third-order valence-corrected chi connectivity index (χ3v) is 4.56. The summed E-state index contributed by atoms with van der Waals surface area (Å²) in [5.74, 6) is 1.44. The summed E-state index contributed by atoms with van der Waals surface area (Å²) in [5, 5.41) is 29.5. The summed E-state index contributed by atoms with van der Waals surface area (Å²) in [5.41, 5.74) is 1.47. The molecule has 4 N–H and O–H groups in total. The van der Waals surface area contributed by atoms with Gasteiger partial charge in [-0.25, -0.2) is 4.52 Å². The zero-order chi connectivity index (χ0) is 19.7. The molecule has 11 nitrogen and oxygen atoms in total. The van der Waals surface area contributed by atoms with Crippen molar-refractivity contribution in [2.75, 3.05) is 36.4 Å². The van der Waals surface area contributed by atoms with Crippen LogP contribution in [0.15, 0.2) is 24.4 Å². The van der Waals surface area contributed by atoms with Gasteiger partial charge in [0.05, 0.1) is 0 Å². The standard InChI is InChI=1S/C17H20N10O/c1-11-9-14(23-22-11)20-15-13-3-2-4-27(13)24-17(21-15)26-7-5-25(6-8-26)16(28)12(19)10-18/h2-4,9-10,18-19H,5-8H2,1H3,(H2,20,21,22,23,24). The first-order chi connectivity index (χ1) is 13.5. The second-order valence-corrected chi connectivity index (χ2v) is 6.50. The number of aromatic nitrogens is 5. The predicted molar refractivity (Wildman–Crippen MR) is 105 cm³/mol. The molecule has 3 aromatic heterocycles. The summed E-state index contributed by atoms with van der Waals surface area (Å²) in [6.07, 6.45) is 2.62. The van der Waals surface area contributed by atoms with Gasteiger partial charge in [0.1, 0.15) is 11.2 Å². The minimum Gasteiger partial charge on any atom is -0.336 e. The monoisotopic (exact) mass is 380 g/mol. The number of fused-ring (bicyclic) bond motifs is 1. The van der Waals surface area contributed by atoms with E-state index < -0.39 is 5.91 Å². The van der Waals surface area contributed by atoms with Crippen molar-refractivity contribution in [2.24, 2.45) is 0 Å². The molecule has 1 aliphatic rings. The summed E-state index contributed by atoms with van der Waals surface area (Å²) in [6, 6.07) is 5.71. The SMILES string of the molecule is Cc1cc(Nc2nc(N3CCN(C(=O)C(=N)C=N)CC3)nn3cccc23)n[nH]1. The molecule has 0 atom stereocenters. The average molecular weight is 380 g/mol. The van der Waals surface area contributed by atoms with Crippen LogP contribution in [0.25, 0.3) is 5.52 Å². The first-order valence-corrected chi connectivity index (χ1v) is 8.83. The molecule has 144 valence electrons. The molecule has 0 saturated carbocycles. The molecule has 1 aliphatic heterocycles. The Morgan fingerprint density at radius 3 is 2.79 bits per heavy atom. The molecule has 0 spiro atoms. The van der Waals surface area contributed by atoms with Crippen LogP contribution in [0, 0.1) is 17.7 Å². The smallest absolute Gasteiger partial charge is 0.273 e. The third kappa shape index (κ3) is 3.29. The number of amides is 1. The van der Waals surface area contributed by atoms with Crippen molar-refractivity contribution in [3.8, 4) is 0 Å². The van der Waals surface area contributed by atoms with Crippen LogP contribution in [0.2, 0.25) is 0 Å². The number of rotatable bonds is 5. The van der Waals surface area contributed by atoms with Gasteiger partial charge in [-0.3, -0.25) is 15.3 Å². The molecule has 0 unspecified atom stereocenters. The van der Waals surface area contributed by atoms with Crippen molar-refractivity contribution in [3.63, 3.8) is 0 Å². The molecule has 0 radical (unpaired) electrons. The van der Waals surface area contributed by atoms with E-state index in [1.807, 2.05) is 36.2 Å². The van der Waals surface area contributed by atoms with Crippen molar-refractivity contribution in [2.45, 2.75) is 6.92 Å². The molecule has 3 aromatic rings. The molecule has 0 aromatic carbocycles. The molecule has 11 heteroatoms. The fraction of sp³-hybridized carbons (Fsp3) is 0.294. The number of nitrogens with zero attached hydrogens (tertiary/aromatic N) is 6. The highest BCUT2D eigenvalue weighted by molar-refractivity contribution is 6.58. The normalized spacial score (nSPS) is 14.3. The number of piperazine rings is 1. The van der Waals surface area contributed by atoms with Gasteiger partial charge in [-0.15, -0.1) is 5.10 Å². The molecule has 1 amide bonds.